The molecule has 0 aromatic rings. The number of ether oxygens (including phenoxy) is 4. The van der Waals surface area contributed by atoms with E-state index in [0.717, 1.165) is 70.6 Å². The molecular formula is C47H78O10. The average Bonchev–Trinajstić information content (AvgIpc) is 3.21. The molecule has 57 heavy (non-hydrogen) atoms. The van der Waals surface area contributed by atoms with Gasteiger partial charge in [-0.3, -0.25) is 9.59 Å². The number of rotatable bonds is 35. The number of allylic oxidation sites excluding steroid dienone is 12. The lowest BCUT2D eigenvalue weighted by molar-refractivity contribution is -0.305. The topological polar surface area (TPSA) is 152 Å². The summed E-state index contributed by atoms with van der Waals surface area (Å²) in [7, 11) is 0. The smallest absolute Gasteiger partial charge is 0.306 e. The van der Waals surface area contributed by atoms with Crippen molar-refractivity contribution in [2.24, 2.45) is 0 Å². The molecule has 0 bridgehead atoms. The molecular weight excluding hydrogens is 725 g/mol. The SMILES string of the molecule is CC/C=C/C/C=C/C/C=C/C/C=C/CCCCC(=O)OC[C@H](CO[C@@H]1O[C@H](CO)[C@H](O)C(O)C1O)OC(=O)CCCCCCCCC/C=C/C/C=C/CCCCC. The van der Waals surface area contributed by atoms with Crippen LogP contribution in [0.1, 0.15) is 155 Å². The van der Waals surface area contributed by atoms with Crippen LogP contribution >= 0.6 is 0 Å². The summed E-state index contributed by atoms with van der Waals surface area (Å²) < 4.78 is 22.1. The molecule has 0 aliphatic carbocycles. The molecule has 6 atom stereocenters. The molecule has 0 spiro atoms. The minimum Gasteiger partial charge on any atom is -0.462 e. The van der Waals surface area contributed by atoms with Crippen LogP contribution in [0, 0.1) is 0 Å². The molecule has 0 aromatic heterocycles. The molecule has 1 saturated heterocycles. The Labute approximate surface area is 344 Å². The predicted octanol–water partition coefficient (Wildman–Crippen LogP) is 9.22. The van der Waals surface area contributed by atoms with Crippen LogP contribution in [0.2, 0.25) is 0 Å². The monoisotopic (exact) mass is 803 g/mol. The Balaban J connectivity index is 2.38. The van der Waals surface area contributed by atoms with E-state index >= 15 is 0 Å². The molecule has 1 fully saturated rings. The van der Waals surface area contributed by atoms with E-state index in [1.54, 1.807) is 0 Å². The Morgan fingerprint density at radius 1 is 0.561 bits per heavy atom. The Hall–Kier alpha value is -2.86. The number of unbranched alkanes of at least 4 members (excludes halogenated alkanes) is 12. The van der Waals surface area contributed by atoms with Crippen LogP contribution in [0.25, 0.3) is 0 Å². The molecule has 1 aliphatic heterocycles. The zero-order valence-corrected chi connectivity index (χ0v) is 35.3. The number of esters is 2. The number of hydrogen-bond acceptors (Lipinski definition) is 10. The van der Waals surface area contributed by atoms with Crippen LogP contribution < -0.4 is 0 Å². The van der Waals surface area contributed by atoms with E-state index in [2.05, 4.69) is 86.8 Å². The molecule has 10 nitrogen and oxygen atoms in total. The maximum Gasteiger partial charge on any atom is 0.306 e. The van der Waals surface area contributed by atoms with Gasteiger partial charge in [-0.25, -0.2) is 0 Å². The third-order valence-corrected chi connectivity index (χ3v) is 9.58. The van der Waals surface area contributed by atoms with Crippen molar-refractivity contribution in [1.29, 1.82) is 0 Å². The van der Waals surface area contributed by atoms with Crippen molar-refractivity contribution in [3.8, 4) is 0 Å². The van der Waals surface area contributed by atoms with Crippen LogP contribution in [-0.2, 0) is 28.5 Å². The van der Waals surface area contributed by atoms with E-state index in [1.807, 2.05) is 0 Å². The molecule has 1 heterocycles. The van der Waals surface area contributed by atoms with Gasteiger partial charge in [-0.1, -0.05) is 132 Å². The van der Waals surface area contributed by atoms with Crippen molar-refractivity contribution in [3.05, 3.63) is 72.9 Å². The van der Waals surface area contributed by atoms with E-state index in [0.29, 0.717) is 12.8 Å². The van der Waals surface area contributed by atoms with Gasteiger partial charge in [-0.15, -0.1) is 0 Å². The maximum atomic E-state index is 12.8. The molecule has 2 unspecified atom stereocenters. The summed E-state index contributed by atoms with van der Waals surface area (Å²) in [6.45, 7) is 3.21. The summed E-state index contributed by atoms with van der Waals surface area (Å²) in [6.07, 6.45) is 39.0. The highest BCUT2D eigenvalue weighted by molar-refractivity contribution is 5.70. The fraction of sp³-hybridized carbons (Fsp3) is 0.702. The van der Waals surface area contributed by atoms with Crippen molar-refractivity contribution in [1.82, 2.24) is 0 Å². The minimum atomic E-state index is -1.61. The van der Waals surface area contributed by atoms with Crippen molar-refractivity contribution >= 4 is 11.9 Å². The highest BCUT2D eigenvalue weighted by atomic mass is 16.7. The molecule has 10 heteroatoms. The van der Waals surface area contributed by atoms with Gasteiger partial charge in [0, 0.05) is 12.8 Å². The molecule has 0 aromatic carbocycles. The number of aliphatic hydroxyl groups excluding tert-OH is 4. The van der Waals surface area contributed by atoms with Crippen LogP contribution in [0.4, 0.5) is 0 Å². The lowest BCUT2D eigenvalue weighted by Crippen LogP contribution is -2.59. The molecule has 326 valence electrons. The summed E-state index contributed by atoms with van der Waals surface area (Å²) in [4.78, 5) is 25.3. The third-order valence-electron chi connectivity index (χ3n) is 9.58. The highest BCUT2D eigenvalue weighted by Gasteiger charge is 2.44. The number of aliphatic hydroxyl groups is 4. The van der Waals surface area contributed by atoms with Gasteiger partial charge in [-0.2, -0.15) is 0 Å². The third kappa shape index (κ3) is 29.1. The highest BCUT2D eigenvalue weighted by Crippen LogP contribution is 2.22. The molecule has 0 radical (unpaired) electrons. The van der Waals surface area contributed by atoms with E-state index in [1.165, 1.54) is 44.9 Å². The largest absolute Gasteiger partial charge is 0.462 e. The molecule has 0 amide bonds. The van der Waals surface area contributed by atoms with Crippen LogP contribution in [0.3, 0.4) is 0 Å². The summed E-state index contributed by atoms with van der Waals surface area (Å²) in [5.74, 6) is -0.871. The van der Waals surface area contributed by atoms with Crippen LogP contribution in [0.15, 0.2) is 72.9 Å². The van der Waals surface area contributed by atoms with Crippen molar-refractivity contribution in [2.45, 2.75) is 192 Å². The van der Waals surface area contributed by atoms with Crippen LogP contribution in [-0.4, -0.2) is 89.0 Å². The standard InChI is InChI=1S/C47H78O10/c1-3-5-7-9-11-13-15-17-19-20-22-24-26-28-30-32-34-36-43(50)56-40(39-55-47-46(53)45(52)44(51)41(37-48)57-47)38-54-42(49)35-33-31-29-27-25-23-21-18-16-14-12-10-8-6-4-2/h6,8,11-14,17-19,21,25,27,40-41,44-48,51-53H,3-5,7,9-10,15-16,20,22-24,26,28-39H2,1-2H3/b8-6+,13-11+,14-12+,19-17+,21-18+,27-25+/t40-,41-,44+,45?,46?,47-/m1/s1. The maximum absolute atomic E-state index is 12.8. The van der Waals surface area contributed by atoms with Gasteiger partial charge in [0.2, 0.25) is 0 Å². The Morgan fingerprint density at radius 3 is 1.60 bits per heavy atom. The van der Waals surface area contributed by atoms with E-state index in [9.17, 15) is 30.0 Å². The van der Waals surface area contributed by atoms with E-state index in [-0.39, 0.29) is 26.1 Å². The molecule has 4 N–H and O–H groups in total. The van der Waals surface area contributed by atoms with Crippen LogP contribution in [0.5, 0.6) is 0 Å². The molecule has 0 saturated carbocycles. The Kier molecular flexibility index (Phi) is 34.2. The quantitative estimate of drug-likeness (QED) is 0.0277. The first-order valence-corrected chi connectivity index (χ1v) is 22.0. The second kappa shape index (κ2) is 37.4. The second-order valence-corrected chi connectivity index (χ2v) is 14.8. The average molecular weight is 803 g/mol. The summed E-state index contributed by atoms with van der Waals surface area (Å²) >= 11 is 0. The van der Waals surface area contributed by atoms with Gasteiger partial charge in [-0.05, 0) is 83.5 Å². The number of hydrogen-bond donors (Lipinski definition) is 4. The van der Waals surface area contributed by atoms with Gasteiger partial charge < -0.3 is 39.4 Å². The fourth-order valence-electron chi connectivity index (χ4n) is 6.09. The lowest BCUT2D eigenvalue weighted by atomic mass is 9.99. The molecule has 1 aliphatic rings. The van der Waals surface area contributed by atoms with Crippen molar-refractivity contribution in [3.63, 3.8) is 0 Å². The van der Waals surface area contributed by atoms with E-state index < -0.39 is 55.4 Å². The normalized spacial score (nSPS) is 21.0. The first kappa shape index (κ1) is 52.2. The predicted molar refractivity (Wildman–Crippen MR) is 228 cm³/mol. The minimum absolute atomic E-state index is 0.208. The Morgan fingerprint density at radius 2 is 1.04 bits per heavy atom. The van der Waals surface area contributed by atoms with Crippen molar-refractivity contribution in [2.75, 3.05) is 19.8 Å². The zero-order chi connectivity index (χ0) is 41.6. The van der Waals surface area contributed by atoms with E-state index in [4.69, 9.17) is 18.9 Å². The van der Waals surface area contributed by atoms with Gasteiger partial charge in [0.15, 0.2) is 12.4 Å². The first-order valence-electron chi connectivity index (χ1n) is 22.0. The number of carbonyl (C=O) groups excluding carboxylic acids is 2. The van der Waals surface area contributed by atoms with Gasteiger partial charge in [0.05, 0.1) is 13.2 Å². The van der Waals surface area contributed by atoms with Gasteiger partial charge >= 0.3 is 11.9 Å². The first-order chi connectivity index (χ1) is 27.8. The summed E-state index contributed by atoms with van der Waals surface area (Å²) in [5.41, 5.74) is 0. The lowest BCUT2D eigenvalue weighted by Gasteiger charge is -2.39. The molecule has 1 rings (SSSR count). The Bertz CT molecular complexity index is 1160. The summed E-state index contributed by atoms with van der Waals surface area (Å²) in [5, 5.41) is 40.0. The number of carbonyl (C=O) groups is 2. The van der Waals surface area contributed by atoms with Crippen molar-refractivity contribution < 1.29 is 49.0 Å². The zero-order valence-electron chi connectivity index (χ0n) is 35.3. The van der Waals surface area contributed by atoms with Gasteiger partial charge in [0.1, 0.15) is 31.0 Å². The fourth-order valence-corrected chi connectivity index (χ4v) is 6.09. The second-order valence-electron chi connectivity index (χ2n) is 14.8. The van der Waals surface area contributed by atoms with Gasteiger partial charge in [0.25, 0.3) is 0 Å². The summed E-state index contributed by atoms with van der Waals surface area (Å²) in [6, 6.07) is 0.